The summed E-state index contributed by atoms with van der Waals surface area (Å²) in [4.78, 5) is 50.7. The molecule has 4 fully saturated rings. The van der Waals surface area contributed by atoms with Gasteiger partial charge in [0.2, 0.25) is 11.8 Å². The summed E-state index contributed by atoms with van der Waals surface area (Å²) in [7, 11) is 0. The number of carboxylic acids is 2. The number of likely N-dealkylation sites (tertiary alicyclic amines) is 1. The van der Waals surface area contributed by atoms with Crippen molar-refractivity contribution in [2.45, 2.75) is 76.2 Å². The Kier molecular flexibility index (Phi) is 11.1. The summed E-state index contributed by atoms with van der Waals surface area (Å²) in [6.45, 7) is 4.84. The van der Waals surface area contributed by atoms with Gasteiger partial charge in [0, 0.05) is 32.7 Å². The number of benzene rings is 1. The van der Waals surface area contributed by atoms with Gasteiger partial charge in [0.15, 0.2) is 0 Å². The molecule has 0 radical (unpaired) electrons. The summed E-state index contributed by atoms with van der Waals surface area (Å²) in [6.07, 6.45) is 2.69. The lowest BCUT2D eigenvalue weighted by Gasteiger charge is -2.37. The molecule has 4 unspecified atom stereocenters. The fourth-order valence-corrected chi connectivity index (χ4v) is 6.29. The lowest BCUT2D eigenvalue weighted by Crippen LogP contribution is -2.47. The second-order valence-electron chi connectivity index (χ2n) is 11.6. The maximum Gasteiger partial charge on any atom is 0.303 e. The van der Waals surface area contributed by atoms with E-state index in [-0.39, 0.29) is 37.5 Å². The number of ether oxygens (including phenoxy) is 1. The minimum atomic E-state index is -1.41. The van der Waals surface area contributed by atoms with Crippen LogP contribution in [0.25, 0.3) is 0 Å². The maximum absolute atomic E-state index is 13.9. The molecular formula is C30H42FN3O8. The first-order valence-corrected chi connectivity index (χ1v) is 15.0. The second-order valence-corrected chi connectivity index (χ2v) is 11.6. The van der Waals surface area contributed by atoms with E-state index in [1.807, 2.05) is 6.07 Å². The average molecular weight is 592 g/mol. The molecule has 4 atom stereocenters. The number of carbonyl (C=O) groups excluding carboxylic acids is 2. The van der Waals surface area contributed by atoms with E-state index in [0.717, 1.165) is 51.3 Å². The normalized spacial score (nSPS) is 26.5. The first-order valence-electron chi connectivity index (χ1n) is 15.0. The quantitative estimate of drug-likeness (QED) is 0.347. The number of para-hydroxylation sites is 2. The van der Waals surface area contributed by atoms with Crippen molar-refractivity contribution < 1.29 is 43.6 Å². The number of amides is 2. The van der Waals surface area contributed by atoms with Crippen molar-refractivity contribution in [3.63, 3.8) is 0 Å². The largest absolute Gasteiger partial charge is 0.488 e. The number of carbonyl (C=O) groups is 4. The summed E-state index contributed by atoms with van der Waals surface area (Å²) < 4.78 is 20.2. The number of rotatable bonds is 10. The molecule has 0 aromatic heterocycles. The van der Waals surface area contributed by atoms with Crippen LogP contribution in [0.1, 0.15) is 57.8 Å². The number of piperazine rings is 1. The SMILES string of the molecule is O=C(O)CCC(=O)O.O=C1C2CC(O)C(F)CC2C(=O)N1CCCN1CCN(c2ccccc2OC2CCCC2)CC1. The van der Waals surface area contributed by atoms with Crippen LogP contribution in [0, 0.1) is 11.8 Å². The molecule has 2 amide bonds. The van der Waals surface area contributed by atoms with Gasteiger partial charge in [0.25, 0.3) is 0 Å². The number of aliphatic hydroxyl groups excluding tert-OH is 1. The first-order chi connectivity index (χ1) is 20.1. The van der Waals surface area contributed by atoms with Gasteiger partial charge in [-0.15, -0.1) is 0 Å². The number of fused-ring (bicyclic) bond motifs is 1. The predicted molar refractivity (Wildman–Crippen MR) is 151 cm³/mol. The zero-order valence-electron chi connectivity index (χ0n) is 23.9. The van der Waals surface area contributed by atoms with Crippen LogP contribution in [-0.4, -0.2) is 107 Å². The highest BCUT2D eigenvalue weighted by Gasteiger charge is 2.52. The predicted octanol–water partition coefficient (Wildman–Crippen LogP) is 2.55. The van der Waals surface area contributed by atoms with Gasteiger partial charge in [-0.2, -0.15) is 0 Å². The smallest absolute Gasteiger partial charge is 0.303 e. The summed E-state index contributed by atoms with van der Waals surface area (Å²) in [6, 6.07) is 8.32. The summed E-state index contributed by atoms with van der Waals surface area (Å²) in [5, 5.41) is 25.6. The molecule has 2 aliphatic carbocycles. The average Bonchev–Trinajstić information content (AvgIpc) is 3.56. The zero-order valence-corrected chi connectivity index (χ0v) is 23.9. The highest BCUT2D eigenvalue weighted by atomic mass is 19.1. The van der Waals surface area contributed by atoms with E-state index in [9.17, 15) is 28.7 Å². The van der Waals surface area contributed by atoms with Crippen LogP contribution in [0.5, 0.6) is 5.75 Å². The Morgan fingerprint density at radius 3 is 2.10 bits per heavy atom. The molecule has 1 aromatic rings. The third-order valence-electron chi connectivity index (χ3n) is 8.63. The molecule has 4 aliphatic rings. The molecule has 0 spiro atoms. The van der Waals surface area contributed by atoms with Crippen molar-refractivity contribution in [1.82, 2.24) is 9.80 Å². The topological polar surface area (TPSA) is 148 Å². The third kappa shape index (κ3) is 8.19. The standard InChI is InChI=1S/C26H36FN3O4.C4H6O4/c27-21-16-19-20(17-23(21)31)26(33)30(25(19)32)11-5-10-28-12-14-29(15-13-28)22-8-3-4-9-24(22)34-18-6-1-2-7-18;5-3(6)1-2-4(7)8/h3-4,8-9,18-21,23,31H,1-2,5-7,10-17H2;1-2H2,(H,5,6)(H,7,8). The number of hydrogen-bond donors (Lipinski definition) is 3. The Labute approximate surface area is 245 Å². The Hall–Kier alpha value is -3.25. The van der Waals surface area contributed by atoms with Crippen molar-refractivity contribution in [1.29, 1.82) is 0 Å². The number of anilines is 1. The Morgan fingerprint density at radius 2 is 1.48 bits per heavy atom. The molecule has 12 heteroatoms. The minimum Gasteiger partial charge on any atom is -0.488 e. The Bertz CT molecular complexity index is 1060. The molecule has 1 aromatic carbocycles. The van der Waals surface area contributed by atoms with E-state index in [4.69, 9.17) is 14.9 Å². The van der Waals surface area contributed by atoms with Gasteiger partial charge in [-0.05, 0) is 63.6 Å². The molecule has 232 valence electrons. The number of aliphatic carboxylic acids is 2. The summed E-state index contributed by atoms with van der Waals surface area (Å²) in [5.74, 6) is -2.81. The van der Waals surface area contributed by atoms with E-state index >= 15 is 0 Å². The van der Waals surface area contributed by atoms with Gasteiger partial charge in [-0.25, -0.2) is 4.39 Å². The van der Waals surface area contributed by atoms with Crippen LogP contribution in [0.15, 0.2) is 24.3 Å². The highest BCUT2D eigenvalue weighted by molar-refractivity contribution is 6.05. The minimum absolute atomic E-state index is 0.0409. The molecule has 0 bridgehead atoms. The van der Waals surface area contributed by atoms with Gasteiger partial charge >= 0.3 is 11.9 Å². The van der Waals surface area contributed by atoms with Gasteiger partial charge < -0.3 is 25.0 Å². The Balaban J connectivity index is 0.000000446. The molecule has 2 aliphatic heterocycles. The van der Waals surface area contributed by atoms with Gasteiger partial charge in [-0.3, -0.25) is 29.0 Å². The fourth-order valence-electron chi connectivity index (χ4n) is 6.29. The van der Waals surface area contributed by atoms with Crippen LogP contribution >= 0.6 is 0 Å². The van der Waals surface area contributed by atoms with Crippen molar-refractivity contribution in [2.24, 2.45) is 11.8 Å². The van der Waals surface area contributed by atoms with Crippen molar-refractivity contribution in [2.75, 3.05) is 44.2 Å². The number of aliphatic hydroxyl groups is 1. The van der Waals surface area contributed by atoms with Crippen LogP contribution in [-0.2, 0) is 19.2 Å². The monoisotopic (exact) mass is 591 g/mol. The van der Waals surface area contributed by atoms with Crippen molar-refractivity contribution in [3.8, 4) is 5.75 Å². The Morgan fingerprint density at radius 1 is 0.881 bits per heavy atom. The van der Waals surface area contributed by atoms with Crippen molar-refractivity contribution >= 4 is 29.4 Å². The van der Waals surface area contributed by atoms with E-state index < -0.39 is 36.1 Å². The molecular weight excluding hydrogens is 549 g/mol. The molecule has 11 nitrogen and oxygen atoms in total. The summed E-state index contributed by atoms with van der Waals surface area (Å²) in [5.41, 5.74) is 1.17. The lowest BCUT2D eigenvalue weighted by atomic mass is 9.78. The van der Waals surface area contributed by atoms with E-state index in [0.29, 0.717) is 19.1 Å². The van der Waals surface area contributed by atoms with Crippen LogP contribution in [0.2, 0.25) is 0 Å². The third-order valence-corrected chi connectivity index (χ3v) is 8.63. The summed E-state index contributed by atoms with van der Waals surface area (Å²) >= 11 is 0. The first kappa shape index (κ1) is 31.7. The number of nitrogens with zero attached hydrogens (tertiary/aromatic N) is 3. The van der Waals surface area contributed by atoms with Gasteiger partial charge in [0.05, 0.1) is 42.6 Å². The van der Waals surface area contributed by atoms with Crippen LogP contribution in [0.3, 0.4) is 0 Å². The number of carboxylic acid groups (broad SMARTS) is 2. The van der Waals surface area contributed by atoms with Crippen LogP contribution in [0.4, 0.5) is 10.1 Å². The fraction of sp³-hybridized carbons (Fsp3) is 0.667. The lowest BCUT2D eigenvalue weighted by molar-refractivity contribution is -0.143. The maximum atomic E-state index is 13.9. The van der Waals surface area contributed by atoms with Crippen LogP contribution < -0.4 is 9.64 Å². The number of imide groups is 1. The highest BCUT2D eigenvalue weighted by Crippen LogP contribution is 2.39. The number of hydrogen-bond acceptors (Lipinski definition) is 8. The zero-order chi connectivity index (χ0) is 30.2. The number of alkyl halides is 1. The molecule has 3 N–H and O–H groups in total. The molecule has 2 saturated carbocycles. The van der Waals surface area contributed by atoms with E-state index in [1.165, 1.54) is 23.4 Å². The van der Waals surface area contributed by atoms with Gasteiger partial charge in [0.1, 0.15) is 11.9 Å². The molecule has 42 heavy (non-hydrogen) atoms. The molecule has 5 rings (SSSR count). The van der Waals surface area contributed by atoms with Crippen molar-refractivity contribution in [3.05, 3.63) is 24.3 Å². The van der Waals surface area contributed by atoms with E-state index in [1.54, 1.807) is 0 Å². The van der Waals surface area contributed by atoms with Gasteiger partial charge in [-0.1, -0.05) is 12.1 Å². The second kappa shape index (κ2) is 14.8. The van der Waals surface area contributed by atoms with E-state index in [2.05, 4.69) is 28.0 Å². The molecule has 2 saturated heterocycles. The number of halogens is 1. The molecule has 2 heterocycles.